The number of allylic oxidation sites excluding steroid dienone is 1. The minimum Gasteiger partial charge on any atom is -0.103 e. The maximum atomic E-state index is 3.80. The summed E-state index contributed by atoms with van der Waals surface area (Å²) in [7, 11) is 0. The third-order valence-electron chi connectivity index (χ3n) is 2.28. The average molecular weight is 167 g/mol. The van der Waals surface area contributed by atoms with Gasteiger partial charge in [-0.2, -0.15) is 0 Å². The van der Waals surface area contributed by atoms with Gasteiger partial charge in [0.2, 0.25) is 0 Å². The Morgan fingerprint density at radius 3 is 2.58 bits per heavy atom. The van der Waals surface area contributed by atoms with Gasteiger partial charge in [0.05, 0.1) is 0 Å². The van der Waals surface area contributed by atoms with Crippen LogP contribution in [0.4, 0.5) is 0 Å². The van der Waals surface area contributed by atoms with Crippen molar-refractivity contribution in [2.24, 2.45) is 5.92 Å². The highest BCUT2D eigenvalue weighted by Crippen LogP contribution is 2.20. The monoisotopic (exact) mass is 167 g/mol. The number of hydrogen-bond donors (Lipinski definition) is 0. The lowest BCUT2D eigenvalue weighted by atomic mass is 9.93. The molecule has 0 spiro atoms. The van der Waals surface area contributed by atoms with Crippen LogP contribution in [0.15, 0.2) is 12.7 Å². The molecule has 0 aliphatic heterocycles. The molecule has 0 aromatic heterocycles. The summed E-state index contributed by atoms with van der Waals surface area (Å²) in [5.41, 5.74) is 0. The lowest BCUT2D eigenvalue weighted by molar-refractivity contribution is 0.586. The van der Waals surface area contributed by atoms with Crippen molar-refractivity contribution in [3.63, 3.8) is 0 Å². The smallest absolute Gasteiger partial charge is 0.0259 e. The van der Waals surface area contributed by atoms with E-state index < -0.39 is 0 Å². The summed E-state index contributed by atoms with van der Waals surface area (Å²) < 4.78 is 0. The molecule has 0 aromatic carbocycles. The lowest BCUT2D eigenvalue weighted by Gasteiger charge is -2.13. The van der Waals surface area contributed by atoms with Crippen LogP contribution in [0, 0.1) is 11.8 Å². The zero-order valence-corrected chi connectivity index (χ0v) is 8.90. The van der Waals surface area contributed by atoms with E-state index in [1.807, 2.05) is 6.08 Å². The van der Waals surface area contributed by atoms with E-state index in [2.05, 4.69) is 27.4 Å². The number of unbranched alkanes of at least 4 members (excludes halogenated alkanes) is 2. The van der Waals surface area contributed by atoms with Crippen molar-refractivity contribution in [3.05, 3.63) is 18.6 Å². The second kappa shape index (κ2) is 7.39. The van der Waals surface area contributed by atoms with Gasteiger partial charge in [-0.25, -0.2) is 0 Å². The van der Waals surface area contributed by atoms with Crippen LogP contribution < -0.4 is 0 Å². The number of hydrogen-bond acceptors (Lipinski definition) is 0. The van der Waals surface area contributed by atoms with Gasteiger partial charge in [0.15, 0.2) is 0 Å². The summed E-state index contributed by atoms with van der Waals surface area (Å²) in [4.78, 5) is 0. The molecule has 0 heterocycles. The van der Waals surface area contributed by atoms with Crippen LogP contribution in [0.2, 0.25) is 0 Å². The summed E-state index contributed by atoms with van der Waals surface area (Å²) in [6, 6.07) is 0. The Kier molecular flexibility index (Phi) is 7.23. The molecule has 1 unspecified atom stereocenters. The zero-order valence-electron chi connectivity index (χ0n) is 8.90. The standard InChI is InChI=1S/C12H23/c1-5-7-8-9-12(4)10-11(3)6-2/h6,11H,2,5,7-10H2,1,3-4H3. The first-order valence-electron chi connectivity index (χ1n) is 5.14. The van der Waals surface area contributed by atoms with Crippen LogP contribution in [0.5, 0.6) is 0 Å². The highest BCUT2D eigenvalue weighted by atomic mass is 14.1. The molecule has 0 aliphatic carbocycles. The highest BCUT2D eigenvalue weighted by Gasteiger charge is 2.05. The van der Waals surface area contributed by atoms with Crippen molar-refractivity contribution in [1.82, 2.24) is 0 Å². The molecule has 0 aromatic rings. The topological polar surface area (TPSA) is 0 Å². The molecule has 0 fully saturated rings. The quantitative estimate of drug-likeness (QED) is 0.390. The Hall–Kier alpha value is -0.260. The van der Waals surface area contributed by atoms with Gasteiger partial charge in [-0.3, -0.25) is 0 Å². The van der Waals surface area contributed by atoms with Crippen molar-refractivity contribution in [3.8, 4) is 0 Å². The Morgan fingerprint density at radius 1 is 1.42 bits per heavy atom. The van der Waals surface area contributed by atoms with Gasteiger partial charge in [0.25, 0.3) is 0 Å². The molecule has 0 nitrogen and oxygen atoms in total. The minimum absolute atomic E-state index is 0.659. The molecule has 0 saturated carbocycles. The van der Waals surface area contributed by atoms with E-state index in [1.165, 1.54) is 32.1 Å². The summed E-state index contributed by atoms with van der Waals surface area (Å²) in [5.74, 6) is 2.29. The van der Waals surface area contributed by atoms with Gasteiger partial charge >= 0.3 is 0 Å². The van der Waals surface area contributed by atoms with Crippen LogP contribution >= 0.6 is 0 Å². The molecular weight excluding hydrogens is 144 g/mol. The van der Waals surface area contributed by atoms with E-state index in [9.17, 15) is 0 Å². The van der Waals surface area contributed by atoms with Crippen LogP contribution in [0.1, 0.15) is 52.9 Å². The average Bonchev–Trinajstić information content (AvgIpc) is 2.05. The second-order valence-electron chi connectivity index (χ2n) is 3.83. The molecule has 71 valence electrons. The minimum atomic E-state index is 0.659. The fourth-order valence-corrected chi connectivity index (χ4v) is 1.41. The first kappa shape index (κ1) is 11.7. The summed E-state index contributed by atoms with van der Waals surface area (Å²) >= 11 is 0. The van der Waals surface area contributed by atoms with Crippen LogP contribution in [0.3, 0.4) is 0 Å². The van der Waals surface area contributed by atoms with Gasteiger partial charge in [0.1, 0.15) is 0 Å². The molecule has 1 atom stereocenters. The molecule has 12 heavy (non-hydrogen) atoms. The maximum Gasteiger partial charge on any atom is -0.0259 e. The van der Waals surface area contributed by atoms with Gasteiger partial charge in [0, 0.05) is 0 Å². The summed E-state index contributed by atoms with van der Waals surface area (Å²) in [6.45, 7) is 10.6. The van der Waals surface area contributed by atoms with Crippen LogP contribution in [-0.2, 0) is 0 Å². The molecule has 0 rings (SSSR count). The fourth-order valence-electron chi connectivity index (χ4n) is 1.41. The molecular formula is C12H23. The van der Waals surface area contributed by atoms with Gasteiger partial charge in [-0.15, -0.1) is 6.58 Å². The van der Waals surface area contributed by atoms with Crippen molar-refractivity contribution < 1.29 is 0 Å². The first-order chi connectivity index (χ1) is 5.70. The Bertz CT molecular complexity index is 105. The largest absolute Gasteiger partial charge is 0.103 e. The predicted octanol–water partition coefficient (Wildman–Crippen LogP) is 4.37. The predicted molar refractivity (Wildman–Crippen MR) is 57.0 cm³/mol. The van der Waals surface area contributed by atoms with Gasteiger partial charge < -0.3 is 0 Å². The van der Waals surface area contributed by atoms with Gasteiger partial charge in [-0.05, 0) is 24.7 Å². The molecule has 0 N–H and O–H groups in total. The van der Waals surface area contributed by atoms with Gasteiger partial charge in [-0.1, -0.05) is 46.1 Å². The highest BCUT2D eigenvalue weighted by molar-refractivity contribution is 4.90. The summed E-state index contributed by atoms with van der Waals surface area (Å²) in [5, 5.41) is 0. The molecule has 0 aliphatic rings. The molecule has 0 saturated heterocycles. The number of rotatable bonds is 7. The van der Waals surface area contributed by atoms with E-state index in [4.69, 9.17) is 0 Å². The third-order valence-corrected chi connectivity index (χ3v) is 2.28. The summed E-state index contributed by atoms with van der Waals surface area (Å²) in [6.07, 6.45) is 8.65. The van der Waals surface area contributed by atoms with E-state index in [0.717, 1.165) is 0 Å². The van der Waals surface area contributed by atoms with Crippen molar-refractivity contribution in [2.75, 3.05) is 0 Å². The van der Waals surface area contributed by atoms with Crippen LogP contribution in [0.25, 0.3) is 0 Å². The zero-order chi connectivity index (χ0) is 9.40. The molecule has 0 bridgehead atoms. The molecule has 0 heteroatoms. The van der Waals surface area contributed by atoms with E-state index in [0.29, 0.717) is 5.92 Å². The Labute approximate surface area is 78.1 Å². The van der Waals surface area contributed by atoms with E-state index >= 15 is 0 Å². The molecule has 0 amide bonds. The van der Waals surface area contributed by atoms with E-state index in [1.54, 1.807) is 5.92 Å². The van der Waals surface area contributed by atoms with Crippen molar-refractivity contribution in [1.29, 1.82) is 0 Å². The van der Waals surface area contributed by atoms with E-state index in [-0.39, 0.29) is 0 Å². The van der Waals surface area contributed by atoms with Crippen LogP contribution in [-0.4, -0.2) is 0 Å². The van der Waals surface area contributed by atoms with Crippen molar-refractivity contribution >= 4 is 0 Å². The third kappa shape index (κ3) is 6.45. The normalized spacial score (nSPS) is 13.3. The Morgan fingerprint density at radius 2 is 2.08 bits per heavy atom. The maximum absolute atomic E-state index is 3.80. The van der Waals surface area contributed by atoms with Crippen molar-refractivity contribution in [2.45, 2.75) is 52.9 Å². The molecule has 1 radical (unpaired) electrons. The lowest BCUT2D eigenvalue weighted by Crippen LogP contribution is -1.98. The first-order valence-corrected chi connectivity index (χ1v) is 5.14. The SMILES string of the molecule is C=CC(C)C[C](C)CCCCC. The Balaban J connectivity index is 3.32. The second-order valence-corrected chi connectivity index (χ2v) is 3.83. The fraction of sp³-hybridized carbons (Fsp3) is 0.750.